The first-order valence-electron chi connectivity index (χ1n) is 8.40. The van der Waals surface area contributed by atoms with Crippen LogP contribution in [-0.2, 0) is 16.1 Å². The monoisotopic (exact) mass is 433 g/mol. The van der Waals surface area contributed by atoms with Crippen molar-refractivity contribution in [1.82, 2.24) is 4.90 Å². The Morgan fingerprint density at radius 2 is 1.97 bits per heavy atom. The number of carboxylic acids is 1. The molecule has 0 bridgehead atoms. The van der Waals surface area contributed by atoms with E-state index in [0.29, 0.717) is 21.9 Å². The van der Waals surface area contributed by atoms with Gasteiger partial charge in [0.25, 0.3) is 11.1 Å². The minimum Gasteiger partial charge on any atom is -0.493 e. The van der Waals surface area contributed by atoms with E-state index in [2.05, 4.69) is 0 Å². The molecular weight excluding hydrogens is 418 g/mol. The summed E-state index contributed by atoms with van der Waals surface area (Å²) in [6.45, 7) is -0.413. The number of rotatable bonds is 7. The highest BCUT2D eigenvalue weighted by atomic mass is 35.5. The Morgan fingerprint density at radius 3 is 2.66 bits per heavy atom. The highest BCUT2D eigenvalue weighted by Crippen LogP contribution is 2.35. The fourth-order valence-corrected chi connectivity index (χ4v) is 3.65. The molecule has 1 aliphatic rings. The summed E-state index contributed by atoms with van der Waals surface area (Å²) in [4.78, 5) is 37.1. The van der Waals surface area contributed by atoms with Crippen molar-refractivity contribution in [3.63, 3.8) is 0 Å². The molecule has 7 nitrogen and oxygen atoms in total. The minimum absolute atomic E-state index is 0.0902. The molecule has 2 aromatic rings. The highest BCUT2D eigenvalue weighted by molar-refractivity contribution is 8.18. The summed E-state index contributed by atoms with van der Waals surface area (Å²) in [5, 5.41) is 8.83. The van der Waals surface area contributed by atoms with Crippen LogP contribution in [-0.4, -0.2) is 40.8 Å². The van der Waals surface area contributed by atoms with Gasteiger partial charge in [-0.3, -0.25) is 14.5 Å². The second kappa shape index (κ2) is 9.02. The van der Waals surface area contributed by atoms with E-state index in [0.717, 1.165) is 16.7 Å². The number of methoxy groups -OCH3 is 1. The van der Waals surface area contributed by atoms with Crippen LogP contribution in [0.25, 0.3) is 6.08 Å². The molecule has 0 aliphatic carbocycles. The molecule has 1 fully saturated rings. The molecule has 9 heteroatoms. The SMILES string of the molecule is COc1cc(/C=C2\SC(=O)N(Cc3ccccc3Cl)C2=O)ccc1OCC(=O)O. The number of ether oxygens (including phenoxy) is 2. The number of hydrogen-bond acceptors (Lipinski definition) is 6. The van der Waals surface area contributed by atoms with E-state index in [4.69, 9.17) is 26.2 Å². The van der Waals surface area contributed by atoms with Crippen LogP contribution in [0.4, 0.5) is 4.79 Å². The maximum atomic E-state index is 12.7. The van der Waals surface area contributed by atoms with Crippen molar-refractivity contribution in [2.24, 2.45) is 0 Å². The molecule has 0 spiro atoms. The number of imide groups is 1. The molecule has 0 saturated carbocycles. The molecule has 29 heavy (non-hydrogen) atoms. The smallest absolute Gasteiger partial charge is 0.341 e. The highest BCUT2D eigenvalue weighted by Gasteiger charge is 2.35. The Kier molecular flexibility index (Phi) is 6.46. The second-order valence-electron chi connectivity index (χ2n) is 5.95. The normalized spacial score (nSPS) is 15.1. The van der Waals surface area contributed by atoms with Crippen molar-refractivity contribution < 1.29 is 29.0 Å². The number of carbonyl (C=O) groups is 3. The van der Waals surface area contributed by atoms with Gasteiger partial charge >= 0.3 is 5.97 Å². The van der Waals surface area contributed by atoms with Crippen molar-refractivity contribution in [2.45, 2.75) is 6.54 Å². The van der Waals surface area contributed by atoms with Gasteiger partial charge in [-0.1, -0.05) is 35.9 Å². The summed E-state index contributed by atoms with van der Waals surface area (Å²) in [6, 6.07) is 11.8. The molecule has 0 aromatic heterocycles. The van der Waals surface area contributed by atoms with E-state index in [1.807, 2.05) is 0 Å². The minimum atomic E-state index is -1.11. The van der Waals surface area contributed by atoms with Crippen LogP contribution >= 0.6 is 23.4 Å². The number of hydrogen-bond donors (Lipinski definition) is 1. The molecule has 0 unspecified atom stereocenters. The number of benzene rings is 2. The third-order valence-electron chi connectivity index (χ3n) is 4.00. The van der Waals surface area contributed by atoms with E-state index in [9.17, 15) is 14.4 Å². The quantitative estimate of drug-likeness (QED) is 0.658. The van der Waals surface area contributed by atoms with Gasteiger partial charge in [-0.25, -0.2) is 4.79 Å². The van der Waals surface area contributed by atoms with E-state index >= 15 is 0 Å². The van der Waals surface area contributed by atoms with Gasteiger partial charge in [-0.15, -0.1) is 0 Å². The van der Waals surface area contributed by atoms with E-state index in [1.165, 1.54) is 7.11 Å². The zero-order valence-corrected chi connectivity index (χ0v) is 16.8. The third kappa shape index (κ3) is 4.90. The average molecular weight is 434 g/mol. The van der Waals surface area contributed by atoms with Crippen LogP contribution in [0.2, 0.25) is 5.02 Å². The molecule has 1 aliphatic heterocycles. The van der Waals surface area contributed by atoms with Crippen molar-refractivity contribution in [2.75, 3.05) is 13.7 Å². The lowest BCUT2D eigenvalue weighted by atomic mass is 10.1. The topological polar surface area (TPSA) is 93.1 Å². The Bertz CT molecular complexity index is 1010. The molecule has 1 saturated heterocycles. The van der Waals surface area contributed by atoms with Crippen LogP contribution < -0.4 is 9.47 Å². The molecule has 1 N–H and O–H groups in total. The number of carbonyl (C=O) groups excluding carboxylic acids is 2. The van der Waals surface area contributed by atoms with Crippen molar-refractivity contribution >= 4 is 46.6 Å². The first-order chi connectivity index (χ1) is 13.9. The van der Waals surface area contributed by atoms with Crippen molar-refractivity contribution in [3.8, 4) is 11.5 Å². The summed E-state index contributed by atoms with van der Waals surface area (Å²) in [5.74, 6) is -0.942. The number of thioether (sulfide) groups is 1. The van der Waals surface area contributed by atoms with Gasteiger partial charge in [0.15, 0.2) is 18.1 Å². The third-order valence-corrected chi connectivity index (χ3v) is 5.27. The summed E-state index contributed by atoms with van der Waals surface area (Å²) in [7, 11) is 1.42. The van der Waals surface area contributed by atoms with Crippen LogP contribution in [0.3, 0.4) is 0 Å². The lowest BCUT2D eigenvalue weighted by Gasteiger charge is -2.13. The van der Waals surface area contributed by atoms with Gasteiger partial charge in [0.05, 0.1) is 18.6 Å². The van der Waals surface area contributed by atoms with Crippen molar-refractivity contribution in [1.29, 1.82) is 0 Å². The standard InChI is InChI=1S/C20H16ClNO6S/c1-27-16-8-12(6-7-15(16)28-11-18(23)24)9-17-19(25)22(20(26)29-17)10-13-4-2-3-5-14(13)21/h2-9H,10-11H2,1H3,(H,23,24)/b17-9-. The van der Waals surface area contributed by atoms with Gasteiger partial charge in [0.1, 0.15) is 0 Å². The Balaban J connectivity index is 1.80. The second-order valence-corrected chi connectivity index (χ2v) is 7.35. The van der Waals surface area contributed by atoms with Crippen LogP contribution in [0.15, 0.2) is 47.4 Å². The zero-order valence-electron chi connectivity index (χ0n) is 15.3. The Hall–Kier alpha value is -2.97. The van der Waals surface area contributed by atoms with Crippen LogP contribution in [0, 0.1) is 0 Å². The van der Waals surface area contributed by atoms with Gasteiger partial charge < -0.3 is 14.6 Å². The molecule has 150 valence electrons. The number of halogens is 1. The molecule has 0 atom stereocenters. The predicted molar refractivity (Wildman–Crippen MR) is 109 cm³/mol. The molecule has 0 radical (unpaired) electrons. The van der Waals surface area contributed by atoms with Crippen molar-refractivity contribution in [3.05, 3.63) is 63.5 Å². The van der Waals surface area contributed by atoms with Gasteiger partial charge in [0.2, 0.25) is 0 Å². The Morgan fingerprint density at radius 1 is 1.21 bits per heavy atom. The maximum absolute atomic E-state index is 12.7. The van der Waals surface area contributed by atoms with Gasteiger partial charge in [-0.2, -0.15) is 0 Å². The predicted octanol–water partition coefficient (Wildman–Crippen LogP) is 4.05. The van der Waals surface area contributed by atoms with E-state index < -0.39 is 18.5 Å². The molecular formula is C20H16ClNO6S. The number of aliphatic carboxylic acids is 1. The summed E-state index contributed by atoms with van der Waals surface area (Å²) in [6.07, 6.45) is 1.57. The first kappa shape index (κ1) is 20.8. The molecule has 1 heterocycles. The van der Waals surface area contributed by atoms with E-state index in [1.54, 1.807) is 48.5 Å². The fraction of sp³-hybridized carbons (Fsp3) is 0.150. The molecule has 2 aromatic carbocycles. The first-order valence-corrected chi connectivity index (χ1v) is 9.60. The van der Waals surface area contributed by atoms with Gasteiger partial charge in [-0.05, 0) is 47.2 Å². The number of carboxylic acid groups (broad SMARTS) is 1. The zero-order chi connectivity index (χ0) is 21.0. The average Bonchev–Trinajstić information content (AvgIpc) is 2.95. The lowest BCUT2D eigenvalue weighted by Crippen LogP contribution is -2.27. The summed E-state index contributed by atoms with van der Waals surface area (Å²) >= 11 is 6.96. The number of amides is 2. The van der Waals surface area contributed by atoms with Crippen LogP contribution in [0.5, 0.6) is 11.5 Å². The van der Waals surface area contributed by atoms with Crippen LogP contribution in [0.1, 0.15) is 11.1 Å². The van der Waals surface area contributed by atoms with E-state index in [-0.39, 0.29) is 22.4 Å². The van der Waals surface area contributed by atoms with Gasteiger partial charge in [0, 0.05) is 5.02 Å². The summed E-state index contributed by atoms with van der Waals surface area (Å²) in [5.41, 5.74) is 1.28. The molecule has 2 amide bonds. The fourth-order valence-electron chi connectivity index (χ4n) is 2.62. The number of nitrogens with zero attached hydrogens (tertiary/aromatic N) is 1. The largest absolute Gasteiger partial charge is 0.493 e. The lowest BCUT2D eigenvalue weighted by molar-refractivity contribution is -0.139. The summed E-state index contributed by atoms with van der Waals surface area (Å²) < 4.78 is 10.4. The molecule has 3 rings (SSSR count). The maximum Gasteiger partial charge on any atom is 0.341 e. The Labute approximate surface area is 175 Å².